The van der Waals surface area contributed by atoms with Crippen LogP contribution in [0.5, 0.6) is 5.75 Å². The van der Waals surface area contributed by atoms with E-state index in [-0.39, 0.29) is 10.8 Å². The van der Waals surface area contributed by atoms with Crippen molar-refractivity contribution < 1.29 is 9.53 Å². The molecule has 3 aromatic carbocycles. The molecule has 0 atom stereocenters. The monoisotopic (exact) mass is 440 g/mol. The van der Waals surface area contributed by atoms with Gasteiger partial charge in [-0.15, -0.1) is 0 Å². The minimum absolute atomic E-state index is 0.0153. The molecular formula is C29H32O2Si. The first-order valence-electron chi connectivity index (χ1n) is 10.9. The molecule has 0 spiro atoms. The highest BCUT2D eigenvalue weighted by atomic mass is 28.3. The van der Waals surface area contributed by atoms with Crippen LogP contribution in [-0.2, 0) is 4.79 Å². The van der Waals surface area contributed by atoms with Gasteiger partial charge in [0.15, 0.2) is 5.78 Å². The van der Waals surface area contributed by atoms with Gasteiger partial charge in [0.05, 0.1) is 7.11 Å². The van der Waals surface area contributed by atoms with E-state index in [0.717, 1.165) is 11.3 Å². The number of benzene rings is 3. The van der Waals surface area contributed by atoms with Crippen LogP contribution < -0.4 is 15.1 Å². The number of rotatable bonds is 8. The fourth-order valence-corrected chi connectivity index (χ4v) is 9.70. The van der Waals surface area contributed by atoms with Crippen LogP contribution in [0.4, 0.5) is 0 Å². The standard InChI is InChI=1S/C29H32O2Si/c1-23(28(30)21-18-24-16-19-25(31-5)20-17-24)22-32(29(2,3)4,26-12-8-6-9-13-26)27-14-10-7-11-15-27/h6-21H,1,22H2,2-5H3/b21-18+. The maximum atomic E-state index is 13.1. The van der Waals surface area contributed by atoms with E-state index < -0.39 is 8.07 Å². The molecule has 0 N–H and O–H groups in total. The first-order chi connectivity index (χ1) is 15.3. The van der Waals surface area contributed by atoms with Gasteiger partial charge in [0.2, 0.25) is 0 Å². The average molecular weight is 441 g/mol. The number of allylic oxidation sites excluding steroid dienone is 2. The second kappa shape index (κ2) is 9.97. The van der Waals surface area contributed by atoms with Crippen LogP contribution in [0.25, 0.3) is 6.08 Å². The van der Waals surface area contributed by atoms with Gasteiger partial charge >= 0.3 is 0 Å². The molecule has 32 heavy (non-hydrogen) atoms. The topological polar surface area (TPSA) is 26.3 Å². The number of ether oxygens (including phenoxy) is 1. The van der Waals surface area contributed by atoms with E-state index in [2.05, 4.69) is 75.9 Å². The van der Waals surface area contributed by atoms with E-state index in [0.29, 0.717) is 11.6 Å². The highest BCUT2D eigenvalue weighted by Crippen LogP contribution is 2.40. The molecule has 0 aliphatic heterocycles. The summed E-state index contributed by atoms with van der Waals surface area (Å²) in [5, 5.41) is 2.64. The van der Waals surface area contributed by atoms with Gasteiger partial charge in [-0.1, -0.05) is 117 Å². The Labute approximate surface area is 193 Å². The third kappa shape index (κ3) is 5.00. The Morgan fingerprint density at radius 2 is 1.38 bits per heavy atom. The lowest BCUT2D eigenvalue weighted by Crippen LogP contribution is -2.64. The minimum Gasteiger partial charge on any atom is -0.497 e. The van der Waals surface area contributed by atoms with Crippen LogP contribution in [0, 0.1) is 0 Å². The molecule has 0 aliphatic carbocycles. The molecule has 0 fully saturated rings. The zero-order valence-corrected chi connectivity index (χ0v) is 20.5. The Balaban J connectivity index is 1.96. The van der Waals surface area contributed by atoms with Crippen molar-refractivity contribution in [2.75, 3.05) is 7.11 Å². The molecule has 0 saturated heterocycles. The summed E-state index contributed by atoms with van der Waals surface area (Å²) < 4.78 is 5.20. The maximum absolute atomic E-state index is 13.1. The fourth-order valence-electron chi connectivity index (χ4n) is 4.36. The van der Waals surface area contributed by atoms with Crippen molar-refractivity contribution in [3.05, 3.63) is 109 Å². The third-order valence-corrected chi connectivity index (χ3v) is 12.3. The SMILES string of the molecule is C=C(C[Si](c1ccccc1)(c1ccccc1)C(C)(C)C)C(=O)/C=C/c1ccc(OC)cc1. The predicted molar refractivity (Wildman–Crippen MR) is 139 cm³/mol. The van der Waals surface area contributed by atoms with E-state index in [1.807, 2.05) is 42.5 Å². The average Bonchev–Trinajstić information content (AvgIpc) is 2.81. The number of hydrogen-bond acceptors (Lipinski definition) is 2. The van der Waals surface area contributed by atoms with Gasteiger partial charge < -0.3 is 4.74 Å². The zero-order chi connectivity index (χ0) is 23.2. The third-order valence-electron chi connectivity index (χ3n) is 6.18. The van der Waals surface area contributed by atoms with Crippen molar-refractivity contribution >= 4 is 30.3 Å². The molecule has 2 nitrogen and oxygen atoms in total. The van der Waals surface area contributed by atoms with Crippen LogP contribution >= 0.6 is 0 Å². The summed E-state index contributed by atoms with van der Waals surface area (Å²) in [6.45, 7) is 11.1. The summed E-state index contributed by atoms with van der Waals surface area (Å²) in [6.07, 6.45) is 3.49. The van der Waals surface area contributed by atoms with Crippen molar-refractivity contribution in [1.29, 1.82) is 0 Å². The Morgan fingerprint density at radius 1 is 0.875 bits per heavy atom. The Kier molecular flexibility index (Phi) is 7.32. The minimum atomic E-state index is -2.37. The van der Waals surface area contributed by atoms with E-state index in [1.54, 1.807) is 13.2 Å². The van der Waals surface area contributed by atoms with Crippen molar-refractivity contribution in [2.45, 2.75) is 31.9 Å². The molecule has 3 heteroatoms. The van der Waals surface area contributed by atoms with Gasteiger partial charge in [-0.05, 0) is 40.4 Å². The molecule has 0 bridgehead atoms. The van der Waals surface area contributed by atoms with Crippen molar-refractivity contribution in [1.82, 2.24) is 0 Å². The zero-order valence-electron chi connectivity index (χ0n) is 19.5. The molecule has 3 aromatic rings. The molecule has 0 aliphatic rings. The fraction of sp³-hybridized carbons (Fsp3) is 0.207. The molecular weight excluding hydrogens is 408 g/mol. The number of hydrogen-bond donors (Lipinski definition) is 0. The lowest BCUT2D eigenvalue weighted by Gasteiger charge is -2.44. The first kappa shape index (κ1) is 23.5. The predicted octanol–water partition coefficient (Wildman–Crippen LogP) is 5.90. The molecule has 0 amide bonds. The summed E-state index contributed by atoms with van der Waals surface area (Å²) in [5.74, 6) is 0.776. The van der Waals surface area contributed by atoms with Gasteiger partial charge in [-0.3, -0.25) is 4.79 Å². The Hall–Kier alpha value is -3.17. The number of carbonyl (C=O) groups excluding carboxylic acids is 1. The van der Waals surface area contributed by atoms with Crippen molar-refractivity contribution in [3.8, 4) is 5.75 Å². The van der Waals surface area contributed by atoms with E-state index >= 15 is 0 Å². The van der Waals surface area contributed by atoms with Crippen LogP contribution in [-0.4, -0.2) is 21.0 Å². The molecule has 164 valence electrons. The maximum Gasteiger partial charge on any atom is 0.180 e. The lowest BCUT2D eigenvalue weighted by atomic mass is 10.1. The summed E-state index contributed by atoms with van der Waals surface area (Å²) in [7, 11) is -0.725. The second-order valence-corrected chi connectivity index (χ2v) is 14.0. The van der Waals surface area contributed by atoms with Crippen molar-refractivity contribution in [3.63, 3.8) is 0 Å². The van der Waals surface area contributed by atoms with E-state index in [9.17, 15) is 4.79 Å². The molecule has 0 aromatic heterocycles. The summed E-state index contributed by atoms with van der Waals surface area (Å²) in [6, 6.07) is 29.7. The van der Waals surface area contributed by atoms with Crippen LogP contribution in [0.3, 0.4) is 0 Å². The van der Waals surface area contributed by atoms with Gasteiger partial charge in [0, 0.05) is 0 Å². The smallest absolute Gasteiger partial charge is 0.180 e. The number of carbonyl (C=O) groups is 1. The molecule has 0 unspecified atom stereocenters. The normalized spacial score (nSPS) is 12.0. The Bertz CT molecular complexity index is 1040. The van der Waals surface area contributed by atoms with Crippen LogP contribution in [0.1, 0.15) is 26.3 Å². The summed E-state index contributed by atoms with van der Waals surface area (Å²) >= 11 is 0. The largest absolute Gasteiger partial charge is 0.497 e. The van der Waals surface area contributed by atoms with E-state index in [4.69, 9.17) is 4.74 Å². The summed E-state index contributed by atoms with van der Waals surface area (Å²) in [5.41, 5.74) is 1.61. The van der Waals surface area contributed by atoms with Gasteiger partial charge in [-0.2, -0.15) is 0 Å². The first-order valence-corrected chi connectivity index (χ1v) is 13.1. The highest BCUT2D eigenvalue weighted by molar-refractivity contribution is 7.04. The molecule has 3 rings (SSSR count). The second-order valence-electron chi connectivity index (χ2n) is 9.14. The molecule has 0 heterocycles. The van der Waals surface area contributed by atoms with Gasteiger partial charge in [0.25, 0.3) is 0 Å². The highest BCUT2D eigenvalue weighted by Gasteiger charge is 2.47. The lowest BCUT2D eigenvalue weighted by molar-refractivity contribution is -0.111. The summed E-state index contributed by atoms with van der Waals surface area (Å²) in [4.78, 5) is 13.1. The number of methoxy groups -OCH3 is 1. The van der Waals surface area contributed by atoms with Crippen molar-refractivity contribution in [2.24, 2.45) is 0 Å². The van der Waals surface area contributed by atoms with Gasteiger partial charge in [0.1, 0.15) is 13.8 Å². The van der Waals surface area contributed by atoms with Gasteiger partial charge in [-0.25, -0.2) is 0 Å². The Morgan fingerprint density at radius 3 is 1.81 bits per heavy atom. The quantitative estimate of drug-likeness (QED) is 0.322. The number of ketones is 1. The molecule has 0 saturated carbocycles. The van der Waals surface area contributed by atoms with Crippen LogP contribution in [0.15, 0.2) is 103 Å². The molecule has 0 radical (unpaired) electrons. The van der Waals surface area contributed by atoms with Crippen LogP contribution in [0.2, 0.25) is 11.1 Å². The van der Waals surface area contributed by atoms with E-state index in [1.165, 1.54) is 10.4 Å².